The molecule has 0 N–H and O–H groups in total. The second kappa shape index (κ2) is 4.58. The van der Waals surface area contributed by atoms with Crippen molar-refractivity contribution in [3.63, 3.8) is 0 Å². The van der Waals surface area contributed by atoms with Crippen molar-refractivity contribution in [2.24, 2.45) is 5.92 Å². The van der Waals surface area contributed by atoms with Gasteiger partial charge in [-0.1, -0.05) is 13.3 Å². The molecule has 1 aliphatic carbocycles. The van der Waals surface area contributed by atoms with Crippen LogP contribution >= 0.6 is 0 Å². The molecular weight excluding hydrogens is 204 g/mol. The molecule has 0 saturated heterocycles. The molecule has 2 aliphatic rings. The molecule has 0 bridgehead atoms. The summed E-state index contributed by atoms with van der Waals surface area (Å²) in [5.74, 6) is 1.13. The Kier molecular flexibility index (Phi) is 3.33. The number of hydrogen-bond donors (Lipinski definition) is 0. The standard InChI is InChI=1S/C13H20O3/c1-10-5-3-7-13(9-10,15-2)12(14)11-6-4-8-16-11/h6,10H,3-5,7-9H2,1-2H3. The molecule has 0 spiro atoms. The summed E-state index contributed by atoms with van der Waals surface area (Å²) in [4.78, 5) is 12.4. The minimum Gasteiger partial charge on any atom is -0.490 e. The smallest absolute Gasteiger partial charge is 0.228 e. The van der Waals surface area contributed by atoms with Gasteiger partial charge in [0, 0.05) is 13.5 Å². The summed E-state index contributed by atoms with van der Waals surface area (Å²) in [5, 5.41) is 0. The van der Waals surface area contributed by atoms with Crippen LogP contribution in [0.1, 0.15) is 39.0 Å². The molecule has 2 rings (SSSR count). The highest BCUT2D eigenvalue weighted by Crippen LogP contribution is 2.37. The van der Waals surface area contributed by atoms with Crippen molar-refractivity contribution in [3.05, 3.63) is 11.8 Å². The van der Waals surface area contributed by atoms with Crippen LogP contribution in [0, 0.1) is 5.92 Å². The monoisotopic (exact) mass is 224 g/mol. The Bertz CT molecular complexity index is 308. The molecular formula is C13H20O3. The number of Topliss-reactive ketones (excluding diaryl/α,β-unsaturated/α-hetero) is 1. The van der Waals surface area contributed by atoms with Gasteiger partial charge in [0.25, 0.3) is 0 Å². The lowest BCUT2D eigenvalue weighted by Crippen LogP contribution is -2.45. The number of ketones is 1. The van der Waals surface area contributed by atoms with E-state index in [-0.39, 0.29) is 5.78 Å². The number of rotatable bonds is 3. The van der Waals surface area contributed by atoms with Crippen molar-refractivity contribution in [2.45, 2.75) is 44.6 Å². The molecule has 16 heavy (non-hydrogen) atoms. The van der Waals surface area contributed by atoms with Gasteiger partial charge >= 0.3 is 0 Å². The van der Waals surface area contributed by atoms with Crippen LogP contribution < -0.4 is 0 Å². The first-order valence-corrected chi connectivity index (χ1v) is 6.11. The zero-order chi connectivity index (χ0) is 11.6. The molecule has 1 saturated carbocycles. The molecule has 2 unspecified atom stereocenters. The Morgan fingerprint density at radius 1 is 1.62 bits per heavy atom. The zero-order valence-electron chi connectivity index (χ0n) is 10.1. The first-order chi connectivity index (χ1) is 7.68. The van der Waals surface area contributed by atoms with E-state index in [4.69, 9.17) is 9.47 Å². The van der Waals surface area contributed by atoms with E-state index in [0.717, 1.165) is 25.7 Å². The highest BCUT2D eigenvalue weighted by molar-refractivity contribution is 6.00. The Hall–Kier alpha value is -0.830. The highest BCUT2D eigenvalue weighted by atomic mass is 16.5. The van der Waals surface area contributed by atoms with E-state index >= 15 is 0 Å². The topological polar surface area (TPSA) is 35.5 Å². The molecule has 90 valence electrons. The third-order valence-electron chi connectivity index (χ3n) is 3.69. The number of methoxy groups -OCH3 is 1. The number of hydrogen-bond acceptors (Lipinski definition) is 3. The lowest BCUT2D eigenvalue weighted by Gasteiger charge is -2.37. The fraction of sp³-hybridized carbons (Fsp3) is 0.769. The van der Waals surface area contributed by atoms with Crippen LogP contribution in [0.4, 0.5) is 0 Å². The quantitative estimate of drug-likeness (QED) is 0.738. The summed E-state index contributed by atoms with van der Waals surface area (Å²) in [7, 11) is 1.64. The molecule has 0 aromatic rings. The third kappa shape index (κ3) is 2.01. The van der Waals surface area contributed by atoms with Gasteiger partial charge < -0.3 is 9.47 Å². The number of ether oxygens (including phenoxy) is 2. The lowest BCUT2D eigenvalue weighted by atomic mass is 9.76. The lowest BCUT2D eigenvalue weighted by molar-refractivity contribution is -0.146. The van der Waals surface area contributed by atoms with E-state index in [1.807, 2.05) is 6.08 Å². The maximum absolute atomic E-state index is 12.4. The first kappa shape index (κ1) is 11.6. The van der Waals surface area contributed by atoms with Gasteiger partial charge in [0.15, 0.2) is 5.76 Å². The average molecular weight is 224 g/mol. The van der Waals surface area contributed by atoms with Crippen molar-refractivity contribution in [1.82, 2.24) is 0 Å². The van der Waals surface area contributed by atoms with Gasteiger partial charge in [-0.2, -0.15) is 0 Å². The molecule has 1 aliphatic heterocycles. The Labute approximate surface area is 96.8 Å². The second-order valence-corrected chi connectivity index (χ2v) is 4.93. The van der Waals surface area contributed by atoms with Gasteiger partial charge in [0.1, 0.15) is 5.60 Å². The Balaban J connectivity index is 2.16. The van der Waals surface area contributed by atoms with Crippen LogP contribution in [-0.2, 0) is 14.3 Å². The minimum atomic E-state index is -0.617. The second-order valence-electron chi connectivity index (χ2n) is 4.93. The van der Waals surface area contributed by atoms with Crippen LogP contribution in [0.25, 0.3) is 0 Å². The molecule has 0 aromatic heterocycles. The molecule has 0 amide bonds. The van der Waals surface area contributed by atoms with Gasteiger partial charge in [-0.15, -0.1) is 0 Å². The summed E-state index contributed by atoms with van der Waals surface area (Å²) < 4.78 is 10.9. The average Bonchev–Trinajstić information content (AvgIpc) is 2.81. The van der Waals surface area contributed by atoms with Crippen LogP contribution in [0.5, 0.6) is 0 Å². The van der Waals surface area contributed by atoms with E-state index in [1.165, 1.54) is 6.42 Å². The predicted molar refractivity (Wildman–Crippen MR) is 61.0 cm³/mol. The number of carbonyl (C=O) groups is 1. The van der Waals surface area contributed by atoms with Crippen molar-refractivity contribution in [2.75, 3.05) is 13.7 Å². The minimum absolute atomic E-state index is 0.0547. The molecule has 3 heteroatoms. The molecule has 3 nitrogen and oxygen atoms in total. The van der Waals surface area contributed by atoms with E-state index in [1.54, 1.807) is 7.11 Å². The maximum atomic E-state index is 12.4. The molecule has 0 aromatic carbocycles. The van der Waals surface area contributed by atoms with E-state index < -0.39 is 5.60 Å². The molecule has 0 radical (unpaired) electrons. The van der Waals surface area contributed by atoms with Gasteiger partial charge in [-0.3, -0.25) is 4.79 Å². The summed E-state index contributed by atoms with van der Waals surface area (Å²) in [6.07, 6.45) is 6.64. The molecule has 1 fully saturated rings. The summed E-state index contributed by atoms with van der Waals surface area (Å²) in [6.45, 7) is 2.82. The first-order valence-electron chi connectivity index (χ1n) is 6.11. The van der Waals surface area contributed by atoms with Gasteiger partial charge in [-0.25, -0.2) is 0 Å². The fourth-order valence-corrected chi connectivity index (χ4v) is 2.79. The van der Waals surface area contributed by atoms with Gasteiger partial charge in [0.2, 0.25) is 5.78 Å². The van der Waals surface area contributed by atoms with Crippen molar-refractivity contribution in [1.29, 1.82) is 0 Å². The fourth-order valence-electron chi connectivity index (χ4n) is 2.79. The summed E-state index contributed by atoms with van der Waals surface area (Å²) >= 11 is 0. The van der Waals surface area contributed by atoms with Crippen molar-refractivity contribution in [3.8, 4) is 0 Å². The van der Waals surface area contributed by atoms with E-state index in [2.05, 4.69) is 6.92 Å². The maximum Gasteiger partial charge on any atom is 0.228 e. The summed E-state index contributed by atoms with van der Waals surface area (Å²) in [6, 6.07) is 0. The summed E-state index contributed by atoms with van der Waals surface area (Å²) in [5.41, 5.74) is -0.617. The predicted octanol–water partition coefficient (Wildman–Crippen LogP) is 2.46. The number of carbonyl (C=O) groups excluding carboxylic acids is 1. The van der Waals surface area contributed by atoms with E-state index in [9.17, 15) is 4.79 Å². The van der Waals surface area contributed by atoms with E-state index in [0.29, 0.717) is 18.3 Å². The van der Waals surface area contributed by atoms with Gasteiger partial charge in [0.05, 0.1) is 6.61 Å². The highest BCUT2D eigenvalue weighted by Gasteiger charge is 2.44. The normalized spacial score (nSPS) is 34.4. The SMILES string of the molecule is COC1(C(=O)C2=CCCO2)CCCC(C)C1. The molecule has 2 atom stereocenters. The Morgan fingerprint density at radius 2 is 2.44 bits per heavy atom. The van der Waals surface area contributed by atoms with Crippen molar-refractivity contribution >= 4 is 5.78 Å². The third-order valence-corrected chi connectivity index (χ3v) is 3.69. The van der Waals surface area contributed by atoms with Crippen molar-refractivity contribution < 1.29 is 14.3 Å². The van der Waals surface area contributed by atoms with Crippen LogP contribution in [-0.4, -0.2) is 25.1 Å². The largest absolute Gasteiger partial charge is 0.490 e. The zero-order valence-corrected chi connectivity index (χ0v) is 10.1. The molecule has 1 heterocycles. The van der Waals surface area contributed by atoms with Crippen LogP contribution in [0.2, 0.25) is 0 Å². The van der Waals surface area contributed by atoms with Crippen LogP contribution in [0.15, 0.2) is 11.8 Å². The Morgan fingerprint density at radius 3 is 3.00 bits per heavy atom. The van der Waals surface area contributed by atoms with Gasteiger partial charge in [-0.05, 0) is 31.3 Å². The van der Waals surface area contributed by atoms with Crippen LogP contribution in [0.3, 0.4) is 0 Å².